The van der Waals surface area contributed by atoms with Gasteiger partial charge in [-0.25, -0.2) is 9.78 Å². The maximum absolute atomic E-state index is 12.9. The highest BCUT2D eigenvalue weighted by molar-refractivity contribution is 7.85. The average molecular weight is 556 g/mol. The maximum atomic E-state index is 12.9. The number of nitrogens with zero attached hydrogens (tertiary/aromatic N) is 1. The summed E-state index contributed by atoms with van der Waals surface area (Å²) in [6.45, 7) is 2.19. The zero-order valence-corrected chi connectivity index (χ0v) is 20.9. The van der Waals surface area contributed by atoms with E-state index >= 15 is 0 Å². The monoisotopic (exact) mass is 555 g/mol. The van der Waals surface area contributed by atoms with E-state index < -0.39 is 33.2 Å². The van der Waals surface area contributed by atoms with Crippen molar-refractivity contribution in [2.24, 2.45) is 0 Å². The number of aromatic nitrogens is 1. The second-order valence-electron chi connectivity index (χ2n) is 7.15. The number of hydrogen-bond acceptors (Lipinski definition) is 8. The molecule has 0 aliphatic heterocycles. The normalized spacial score (nSPS) is 11.7. The molecule has 1 aromatic heterocycles. The third-order valence-electron chi connectivity index (χ3n) is 4.35. The fraction of sp³-hybridized carbons (Fsp3) is 0.429. The quantitative estimate of drug-likeness (QED) is 0.348. The first kappa shape index (κ1) is 29.4. The molecule has 200 valence electrons. The number of rotatable bonds is 13. The summed E-state index contributed by atoms with van der Waals surface area (Å²) in [4.78, 5) is 15.6. The summed E-state index contributed by atoms with van der Waals surface area (Å²) in [5.41, 5.74) is -0.768. The van der Waals surface area contributed by atoms with E-state index in [9.17, 15) is 26.4 Å². The number of pyridine rings is 1. The highest BCUT2D eigenvalue weighted by Crippen LogP contribution is 2.36. The molecule has 10 nitrogen and oxygen atoms in total. The van der Waals surface area contributed by atoms with Crippen LogP contribution in [0.15, 0.2) is 30.5 Å². The van der Waals surface area contributed by atoms with E-state index in [0.717, 1.165) is 6.42 Å². The molecule has 0 unspecified atom stereocenters. The van der Waals surface area contributed by atoms with E-state index in [0.29, 0.717) is 36.6 Å². The minimum Gasteiger partial charge on any atom is -0.491 e. The molecule has 1 amide bonds. The Balaban J connectivity index is 2.19. The maximum Gasteiger partial charge on any atom is 0.423 e. The Morgan fingerprint density at radius 2 is 1.94 bits per heavy atom. The summed E-state index contributed by atoms with van der Waals surface area (Å²) in [5, 5.41) is 1.86. The van der Waals surface area contributed by atoms with Crippen molar-refractivity contribution < 1.29 is 44.8 Å². The molecule has 0 spiro atoms. The SMILES string of the molecule is CCCCNS(=O)(=O)OC(=O)NCc1ccc(OCCOC)cc1Oc1ncc(C(F)(F)F)cc1Cl. The molecule has 2 N–H and O–H groups in total. The Hall–Kier alpha value is -2.81. The highest BCUT2D eigenvalue weighted by atomic mass is 35.5. The zero-order chi connectivity index (χ0) is 26.8. The molecular weight excluding hydrogens is 531 g/mol. The van der Waals surface area contributed by atoms with Crippen LogP contribution < -0.4 is 19.5 Å². The molecular formula is C21H25ClF3N3O7S. The Morgan fingerprint density at radius 1 is 1.19 bits per heavy atom. The summed E-state index contributed by atoms with van der Waals surface area (Å²) < 4.78 is 84.9. The van der Waals surface area contributed by atoms with Crippen LogP contribution in [0.3, 0.4) is 0 Å². The molecule has 0 aliphatic carbocycles. The van der Waals surface area contributed by atoms with Gasteiger partial charge in [0.25, 0.3) is 0 Å². The fourth-order valence-corrected chi connectivity index (χ4v) is 3.48. The number of ether oxygens (including phenoxy) is 3. The van der Waals surface area contributed by atoms with Gasteiger partial charge < -0.3 is 23.7 Å². The van der Waals surface area contributed by atoms with Crippen molar-refractivity contribution in [1.29, 1.82) is 0 Å². The summed E-state index contributed by atoms with van der Waals surface area (Å²) >= 11 is 5.93. The third kappa shape index (κ3) is 9.68. The van der Waals surface area contributed by atoms with Crippen molar-refractivity contribution in [1.82, 2.24) is 15.0 Å². The Morgan fingerprint density at radius 3 is 2.58 bits per heavy atom. The van der Waals surface area contributed by atoms with Crippen LogP contribution in [0.4, 0.5) is 18.0 Å². The van der Waals surface area contributed by atoms with Crippen molar-refractivity contribution in [3.63, 3.8) is 0 Å². The van der Waals surface area contributed by atoms with Crippen LogP contribution >= 0.6 is 11.6 Å². The van der Waals surface area contributed by atoms with E-state index in [1.165, 1.54) is 25.3 Å². The molecule has 0 aliphatic rings. The lowest BCUT2D eigenvalue weighted by molar-refractivity contribution is -0.137. The van der Waals surface area contributed by atoms with Crippen molar-refractivity contribution in [3.8, 4) is 17.4 Å². The van der Waals surface area contributed by atoms with Crippen molar-refractivity contribution in [3.05, 3.63) is 46.6 Å². The van der Waals surface area contributed by atoms with Gasteiger partial charge in [-0.2, -0.15) is 26.3 Å². The van der Waals surface area contributed by atoms with Gasteiger partial charge in [0.15, 0.2) is 0 Å². The topological polar surface area (TPSA) is 125 Å². The number of alkyl halides is 3. The molecule has 36 heavy (non-hydrogen) atoms. The molecule has 0 radical (unpaired) electrons. The van der Waals surface area contributed by atoms with E-state index in [4.69, 9.17) is 25.8 Å². The number of carbonyl (C=O) groups excluding carboxylic acids is 1. The summed E-state index contributed by atoms with van der Waals surface area (Å²) in [5.74, 6) is 0.0210. The third-order valence-corrected chi connectivity index (χ3v) is 5.55. The van der Waals surface area contributed by atoms with E-state index in [1.807, 2.05) is 6.92 Å². The molecule has 15 heteroatoms. The lowest BCUT2D eigenvalue weighted by Gasteiger charge is -2.15. The highest BCUT2D eigenvalue weighted by Gasteiger charge is 2.32. The molecule has 1 aromatic carbocycles. The molecule has 1 heterocycles. The van der Waals surface area contributed by atoms with Gasteiger partial charge in [0.05, 0.1) is 12.2 Å². The molecule has 2 aromatic rings. The predicted octanol–water partition coefficient (Wildman–Crippen LogP) is 4.43. The van der Waals surface area contributed by atoms with Crippen molar-refractivity contribution >= 4 is 28.0 Å². The van der Waals surface area contributed by atoms with Crippen LogP contribution in [0.25, 0.3) is 0 Å². The molecule has 0 fully saturated rings. The molecule has 2 rings (SSSR count). The van der Waals surface area contributed by atoms with Crippen LogP contribution in [-0.2, 0) is 31.9 Å². The fourth-order valence-electron chi connectivity index (χ4n) is 2.57. The van der Waals surface area contributed by atoms with Crippen LogP contribution in [0.2, 0.25) is 5.02 Å². The number of carbonyl (C=O) groups is 1. The first-order valence-electron chi connectivity index (χ1n) is 10.6. The van der Waals surface area contributed by atoms with Crippen LogP contribution in [-0.4, -0.2) is 46.4 Å². The standard InChI is InChI=1S/C21H25ClF3N3O7S/c1-3-4-7-28-36(30,31)35-20(29)27-12-14-5-6-16(33-9-8-32-2)11-18(14)34-19-17(22)10-15(13-26-19)21(23,24)25/h5-6,10-11,13,28H,3-4,7-9,12H2,1-2H3,(H,27,29). The molecule has 0 atom stereocenters. The van der Waals surface area contributed by atoms with Crippen LogP contribution in [0.1, 0.15) is 30.9 Å². The minimum absolute atomic E-state index is 0.0308. The molecule has 0 bridgehead atoms. The van der Waals surface area contributed by atoms with Gasteiger partial charge in [-0.1, -0.05) is 24.9 Å². The van der Waals surface area contributed by atoms with Crippen molar-refractivity contribution in [2.75, 3.05) is 26.9 Å². The van der Waals surface area contributed by atoms with Crippen LogP contribution in [0.5, 0.6) is 17.4 Å². The Bertz CT molecular complexity index is 1130. The summed E-state index contributed by atoms with van der Waals surface area (Å²) in [7, 11) is -2.81. The first-order valence-corrected chi connectivity index (χ1v) is 12.4. The van der Waals surface area contributed by atoms with Gasteiger partial charge in [0.1, 0.15) is 23.1 Å². The van der Waals surface area contributed by atoms with E-state index in [-0.39, 0.29) is 31.3 Å². The predicted molar refractivity (Wildman–Crippen MR) is 123 cm³/mol. The first-order chi connectivity index (χ1) is 16.9. The lowest BCUT2D eigenvalue weighted by Crippen LogP contribution is -2.33. The zero-order valence-electron chi connectivity index (χ0n) is 19.4. The number of unbranched alkanes of at least 4 members (excludes halogenated alkanes) is 1. The number of benzene rings is 1. The van der Waals surface area contributed by atoms with E-state index in [2.05, 4.69) is 19.2 Å². The van der Waals surface area contributed by atoms with Gasteiger partial charge in [-0.05, 0) is 24.6 Å². The summed E-state index contributed by atoms with van der Waals surface area (Å²) in [6, 6.07) is 5.09. The Labute approximate surface area is 211 Å². The number of halogens is 4. The largest absolute Gasteiger partial charge is 0.491 e. The van der Waals surface area contributed by atoms with Gasteiger partial charge in [0.2, 0.25) is 5.88 Å². The summed E-state index contributed by atoms with van der Waals surface area (Å²) in [6.07, 6.45) is -4.04. The smallest absolute Gasteiger partial charge is 0.423 e. The van der Waals surface area contributed by atoms with Gasteiger partial charge in [-0.3, -0.25) is 0 Å². The van der Waals surface area contributed by atoms with Gasteiger partial charge in [0, 0.05) is 38.0 Å². The average Bonchev–Trinajstić information content (AvgIpc) is 2.79. The van der Waals surface area contributed by atoms with Crippen LogP contribution in [0, 0.1) is 0 Å². The number of hydrogen-bond donors (Lipinski definition) is 2. The van der Waals surface area contributed by atoms with Gasteiger partial charge in [-0.15, -0.1) is 0 Å². The number of methoxy groups -OCH3 is 1. The van der Waals surface area contributed by atoms with Crippen molar-refractivity contribution in [2.45, 2.75) is 32.5 Å². The number of amides is 1. The van der Waals surface area contributed by atoms with Gasteiger partial charge >= 0.3 is 22.6 Å². The Kier molecular flexibility index (Phi) is 11.0. The van der Waals surface area contributed by atoms with E-state index in [1.54, 1.807) is 0 Å². The second-order valence-corrected chi connectivity index (χ2v) is 8.92. The lowest BCUT2D eigenvalue weighted by atomic mass is 10.2. The number of nitrogens with one attached hydrogen (secondary N) is 2. The molecule has 0 saturated heterocycles. The second kappa shape index (κ2) is 13.5. The molecule has 0 saturated carbocycles. The minimum atomic E-state index is -4.65.